The first-order chi connectivity index (χ1) is 9.89. The van der Waals surface area contributed by atoms with Gasteiger partial charge in [-0.15, -0.1) is 0 Å². The number of halogens is 1. The number of amides is 1. The van der Waals surface area contributed by atoms with Crippen LogP contribution in [-0.4, -0.2) is 28.9 Å². The van der Waals surface area contributed by atoms with Gasteiger partial charge < -0.3 is 15.8 Å². The molecule has 3 N–H and O–H groups in total. The molecule has 0 saturated heterocycles. The van der Waals surface area contributed by atoms with Gasteiger partial charge in [0.05, 0.1) is 0 Å². The summed E-state index contributed by atoms with van der Waals surface area (Å²) in [6.07, 6.45) is 1.24. The number of amidine groups is 1. The Balaban J connectivity index is 2.12. The second-order valence-electron chi connectivity index (χ2n) is 5.87. The van der Waals surface area contributed by atoms with Crippen LogP contribution in [0.2, 0.25) is 5.02 Å². The van der Waals surface area contributed by atoms with Crippen molar-refractivity contribution in [3.63, 3.8) is 0 Å². The molecular formula is C15H20ClN3O2. The minimum Gasteiger partial charge on any atom is -0.409 e. The highest BCUT2D eigenvalue weighted by atomic mass is 35.5. The molecule has 0 aromatic heterocycles. The average Bonchev–Trinajstić information content (AvgIpc) is 2.44. The van der Waals surface area contributed by atoms with E-state index in [0.717, 1.165) is 5.56 Å². The maximum Gasteiger partial charge on any atom is 0.236 e. The van der Waals surface area contributed by atoms with Crippen LogP contribution in [0.5, 0.6) is 0 Å². The molecule has 0 unspecified atom stereocenters. The number of carbonyl (C=O) groups is 1. The summed E-state index contributed by atoms with van der Waals surface area (Å²) in [5, 5.41) is 12.7. The standard InChI is InChI=1S/C15H20ClN3O2/c1-10-7-15(8-10,13(17)18-21)14(20)19(2)9-11-3-5-12(16)6-4-11/h3-6,10,21H,7-9H2,1-2H3,(H2,17,18). The Hall–Kier alpha value is -1.75. The molecule has 1 amide bonds. The van der Waals surface area contributed by atoms with Gasteiger partial charge >= 0.3 is 0 Å². The Morgan fingerprint density at radius 2 is 2.05 bits per heavy atom. The number of nitrogens with two attached hydrogens (primary N) is 1. The summed E-state index contributed by atoms with van der Waals surface area (Å²) < 4.78 is 0. The van der Waals surface area contributed by atoms with Crippen molar-refractivity contribution in [3.8, 4) is 0 Å². The Bertz CT molecular complexity index is 551. The lowest BCUT2D eigenvalue weighted by Gasteiger charge is -2.45. The second-order valence-corrected chi connectivity index (χ2v) is 6.30. The molecule has 1 aliphatic carbocycles. The highest BCUT2D eigenvalue weighted by Gasteiger charge is 2.53. The van der Waals surface area contributed by atoms with E-state index in [0.29, 0.717) is 30.3 Å². The van der Waals surface area contributed by atoms with E-state index in [-0.39, 0.29) is 11.7 Å². The van der Waals surface area contributed by atoms with Crippen LogP contribution >= 0.6 is 11.6 Å². The molecule has 1 fully saturated rings. The van der Waals surface area contributed by atoms with Gasteiger partial charge in [0.15, 0.2) is 5.84 Å². The predicted octanol–water partition coefficient (Wildman–Crippen LogP) is 2.46. The van der Waals surface area contributed by atoms with Gasteiger partial charge in [-0.05, 0) is 36.5 Å². The van der Waals surface area contributed by atoms with Crippen LogP contribution in [0.25, 0.3) is 0 Å². The number of nitrogens with zero attached hydrogens (tertiary/aromatic N) is 2. The number of hydrogen-bond donors (Lipinski definition) is 2. The van der Waals surface area contributed by atoms with Crippen molar-refractivity contribution in [2.75, 3.05) is 7.05 Å². The lowest BCUT2D eigenvalue weighted by atomic mass is 9.61. The molecule has 6 heteroatoms. The van der Waals surface area contributed by atoms with E-state index in [9.17, 15) is 4.79 Å². The van der Waals surface area contributed by atoms with Gasteiger partial charge in [0.2, 0.25) is 5.91 Å². The van der Waals surface area contributed by atoms with Gasteiger partial charge in [-0.3, -0.25) is 4.79 Å². The normalized spacial score (nSPS) is 25.3. The van der Waals surface area contributed by atoms with Crippen LogP contribution in [0.3, 0.4) is 0 Å². The zero-order chi connectivity index (χ0) is 15.6. The number of rotatable bonds is 4. The zero-order valence-corrected chi connectivity index (χ0v) is 13.0. The molecule has 1 aromatic carbocycles. The SMILES string of the molecule is CC1CC(C(=O)N(C)Cc2ccc(Cl)cc2)(/C(N)=N/O)C1. The van der Waals surface area contributed by atoms with E-state index in [1.807, 2.05) is 12.1 Å². The van der Waals surface area contributed by atoms with E-state index in [1.54, 1.807) is 24.1 Å². The molecule has 21 heavy (non-hydrogen) atoms. The third kappa shape index (κ3) is 2.97. The monoisotopic (exact) mass is 309 g/mol. The first-order valence-corrected chi connectivity index (χ1v) is 7.25. The largest absolute Gasteiger partial charge is 0.409 e. The molecule has 0 radical (unpaired) electrons. The Morgan fingerprint density at radius 1 is 1.48 bits per heavy atom. The highest BCUT2D eigenvalue weighted by molar-refractivity contribution is 6.30. The quantitative estimate of drug-likeness (QED) is 0.388. The average molecular weight is 310 g/mol. The number of benzene rings is 1. The summed E-state index contributed by atoms with van der Waals surface area (Å²) in [6.45, 7) is 2.51. The highest BCUT2D eigenvalue weighted by Crippen LogP contribution is 2.47. The third-order valence-corrected chi connectivity index (χ3v) is 4.33. The van der Waals surface area contributed by atoms with Gasteiger partial charge in [-0.1, -0.05) is 35.8 Å². The van der Waals surface area contributed by atoms with Gasteiger partial charge in [0.1, 0.15) is 5.41 Å². The molecule has 1 saturated carbocycles. The second kappa shape index (κ2) is 5.93. The molecule has 0 aliphatic heterocycles. The van der Waals surface area contributed by atoms with Crippen LogP contribution in [-0.2, 0) is 11.3 Å². The van der Waals surface area contributed by atoms with E-state index < -0.39 is 5.41 Å². The first kappa shape index (κ1) is 15.6. The van der Waals surface area contributed by atoms with Crippen LogP contribution in [0.15, 0.2) is 29.4 Å². The summed E-state index contributed by atoms with van der Waals surface area (Å²) in [4.78, 5) is 14.3. The van der Waals surface area contributed by atoms with Crippen molar-refractivity contribution in [2.45, 2.75) is 26.3 Å². The number of oxime groups is 1. The van der Waals surface area contributed by atoms with E-state index in [4.69, 9.17) is 22.5 Å². The van der Waals surface area contributed by atoms with Crippen molar-refractivity contribution in [2.24, 2.45) is 22.2 Å². The summed E-state index contributed by atoms with van der Waals surface area (Å²) in [5.74, 6) is 0.303. The topological polar surface area (TPSA) is 78.9 Å². The summed E-state index contributed by atoms with van der Waals surface area (Å²) in [7, 11) is 1.73. The Morgan fingerprint density at radius 3 is 2.52 bits per heavy atom. The fraction of sp³-hybridized carbons (Fsp3) is 0.467. The maximum atomic E-state index is 12.7. The third-order valence-electron chi connectivity index (χ3n) is 4.08. The van der Waals surface area contributed by atoms with Crippen LogP contribution < -0.4 is 5.73 Å². The number of hydrogen-bond acceptors (Lipinski definition) is 3. The van der Waals surface area contributed by atoms with Crippen LogP contribution in [0.1, 0.15) is 25.3 Å². The maximum absolute atomic E-state index is 12.7. The molecule has 1 aliphatic rings. The van der Waals surface area contributed by atoms with Crippen molar-refractivity contribution >= 4 is 23.3 Å². The molecule has 0 bridgehead atoms. The van der Waals surface area contributed by atoms with Crippen LogP contribution in [0.4, 0.5) is 0 Å². The Labute approximate surface area is 129 Å². The smallest absolute Gasteiger partial charge is 0.236 e. The molecule has 114 valence electrons. The van der Waals surface area contributed by atoms with E-state index in [2.05, 4.69) is 12.1 Å². The summed E-state index contributed by atoms with van der Waals surface area (Å²) in [5.41, 5.74) is 5.89. The molecular weight excluding hydrogens is 290 g/mol. The zero-order valence-electron chi connectivity index (χ0n) is 12.2. The minimum atomic E-state index is -0.852. The Kier molecular flexibility index (Phi) is 4.42. The van der Waals surface area contributed by atoms with Gasteiger partial charge in [-0.2, -0.15) is 0 Å². The predicted molar refractivity (Wildman–Crippen MR) is 82.2 cm³/mol. The molecule has 5 nitrogen and oxygen atoms in total. The summed E-state index contributed by atoms with van der Waals surface area (Å²) in [6, 6.07) is 7.34. The van der Waals surface area contributed by atoms with Crippen molar-refractivity contribution < 1.29 is 10.0 Å². The van der Waals surface area contributed by atoms with Crippen molar-refractivity contribution in [1.82, 2.24) is 4.90 Å². The van der Waals surface area contributed by atoms with Crippen molar-refractivity contribution in [3.05, 3.63) is 34.9 Å². The van der Waals surface area contributed by atoms with Crippen LogP contribution in [0, 0.1) is 11.3 Å². The first-order valence-electron chi connectivity index (χ1n) is 6.87. The van der Waals surface area contributed by atoms with E-state index in [1.165, 1.54) is 0 Å². The lowest BCUT2D eigenvalue weighted by Crippen LogP contribution is -2.56. The number of carbonyl (C=O) groups excluding carboxylic acids is 1. The van der Waals surface area contributed by atoms with Crippen molar-refractivity contribution in [1.29, 1.82) is 0 Å². The molecule has 2 rings (SSSR count). The fourth-order valence-corrected chi connectivity index (χ4v) is 3.15. The fourth-order valence-electron chi connectivity index (χ4n) is 3.02. The molecule has 0 atom stereocenters. The molecule has 1 aromatic rings. The lowest BCUT2D eigenvalue weighted by molar-refractivity contribution is -0.143. The summed E-state index contributed by atoms with van der Waals surface area (Å²) >= 11 is 5.85. The van der Waals surface area contributed by atoms with Gasteiger partial charge in [0.25, 0.3) is 0 Å². The molecule has 0 spiro atoms. The van der Waals surface area contributed by atoms with E-state index >= 15 is 0 Å². The van der Waals surface area contributed by atoms with Gasteiger partial charge in [0, 0.05) is 18.6 Å². The van der Waals surface area contributed by atoms with Gasteiger partial charge in [-0.25, -0.2) is 0 Å². The molecule has 0 heterocycles. The minimum absolute atomic E-state index is 0.00792.